The molecule has 0 spiro atoms. The first-order chi connectivity index (χ1) is 10.8. The number of rotatable bonds is 3. The first kappa shape index (κ1) is 15.7. The summed E-state index contributed by atoms with van der Waals surface area (Å²) < 4.78 is 1.17. The predicted octanol–water partition coefficient (Wildman–Crippen LogP) is 0.580. The fraction of sp³-hybridized carbons (Fsp3) is 0.625. The van der Waals surface area contributed by atoms with Crippen LogP contribution in [0.2, 0.25) is 0 Å². The van der Waals surface area contributed by atoms with Gasteiger partial charge < -0.3 is 10.0 Å². The van der Waals surface area contributed by atoms with E-state index in [9.17, 15) is 19.5 Å². The fourth-order valence-corrected chi connectivity index (χ4v) is 3.52. The highest BCUT2D eigenvalue weighted by Gasteiger charge is 2.47. The zero-order valence-corrected chi connectivity index (χ0v) is 13.6. The van der Waals surface area contributed by atoms with Crippen molar-refractivity contribution in [3.63, 3.8) is 0 Å². The second-order valence-corrected chi connectivity index (χ2v) is 6.67. The van der Waals surface area contributed by atoms with Gasteiger partial charge in [-0.05, 0) is 44.1 Å². The van der Waals surface area contributed by atoms with Crippen LogP contribution >= 0.6 is 0 Å². The van der Waals surface area contributed by atoms with Crippen molar-refractivity contribution in [3.8, 4) is 0 Å². The minimum atomic E-state index is -0.854. The Hall–Kier alpha value is -2.18. The molecule has 3 rings (SSSR count). The van der Waals surface area contributed by atoms with Crippen molar-refractivity contribution < 1.29 is 14.7 Å². The molecule has 7 heteroatoms. The third-order valence-corrected chi connectivity index (χ3v) is 5.14. The molecule has 0 unspecified atom stereocenters. The summed E-state index contributed by atoms with van der Waals surface area (Å²) in [6.45, 7) is 4.06. The number of carboxylic acid groups (broad SMARTS) is 1. The lowest BCUT2D eigenvalue weighted by Gasteiger charge is -2.18. The van der Waals surface area contributed by atoms with Gasteiger partial charge in [0.05, 0.1) is 11.6 Å². The highest BCUT2D eigenvalue weighted by molar-refractivity contribution is 5.96. The summed E-state index contributed by atoms with van der Waals surface area (Å²) >= 11 is 0. The van der Waals surface area contributed by atoms with Gasteiger partial charge in [0.15, 0.2) is 0 Å². The summed E-state index contributed by atoms with van der Waals surface area (Å²) in [4.78, 5) is 38.2. The maximum absolute atomic E-state index is 12.8. The van der Waals surface area contributed by atoms with E-state index in [1.54, 1.807) is 13.8 Å². The van der Waals surface area contributed by atoms with E-state index < -0.39 is 17.4 Å². The number of carboxylic acids is 1. The van der Waals surface area contributed by atoms with Gasteiger partial charge in [-0.25, -0.2) is 4.68 Å². The van der Waals surface area contributed by atoms with Crippen LogP contribution in [0.4, 0.5) is 0 Å². The molecule has 0 radical (unpaired) electrons. The fourth-order valence-electron chi connectivity index (χ4n) is 3.52. The minimum absolute atomic E-state index is 0.00328. The summed E-state index contributed by atoms with van der Waals surface area (Å²) in [6, 6.07) is 0. The molecule has 1 amide bonds. The molecule has 0 bridgehead atoms. The van der Waals surface area contributed by atoms with E-state index >= 15 is 0 Å². The third kappa shape index (κ3) is 2.64. The van der Waals surface area contributed by atoms with Crippen LogP contribution in [0.15, 0.2) is 4.79 Å². The Morgan fingerprint density at radius 2 is 1.87 bits per heavy atom. The molecule has 1 aliphatic carbocycles. The van der Waals surface area contributed by atoms with Crippen LogP contribution in [0.5, 0.6) is 0 Å². The van der Waals surface area contributed by atoms with Crippen LogP contribution in [-0.4, -0.2) is 44.8 Å². The quantitative estimate of drug-likeness (QED) is 0.880. The number of hydrogen-bond acceptors (Lipinski definition) is 4. The van der Waals surface area contributed by atoms with E-state index in [2.05, 4.69) is 5.10 Å². The van der Waals surface area contributed by atoms with Crippen LogP contribution in [0.25, 0.3) is 0 Å². The first-order valence-corrected chi connectivity index (χ1v) is 7.87. The van der Waals surface area contributed by atoms with E-state index in [4.69, 9.17) is 0 Å². The number of nitrogens with zero attached hydrogens (tertiary/aromatic N) is 3. The second kappa shape index (κ2) is 5.47. The van der Waals surface area contributed by atoms with Gasteiger partial charge in [-0.2, -0.15) is 5.10 Å². The molecule has 2 fully saturated rings. The molecule has 0 aromatic carbocycles. The largest absolute Gasteiger partial charge is 0.481 e. The average Bonchev–Trinajstić information content (AvgIpc) is 3.23. The Labute approximate surface area is 133 Å². The van der Waals surface area contributed by atoms with E-state index in [0.717, 1.165) is 12.8 Å². The molecule has 23 heavy (non-hydrogen) atoms. The van der Waals surface area contributed by atoms with Gasteiger partial charge in [-0.3, -0.25) is 14.4 Å². The zero-order chi connectivity index (χ0) is 16.9. The third-order valence-electron chi connectivity index (χ3n) is 5.14. The lowest BCUT2D eigenvalue weighted by molar-refractivity contribution is -0.142. The van der Waals surface area contributed by atoms with Crippen LogP contribution in [0, 0.1) is 31.6 Å². The maximum atomic E-state index is 12.8. The monoisotopic (exact) mass is 319 g/mol. The summed E-state index contributed by atoms with van der Waals surface area (Å²) in [7, 11) is 1.52. The number of carbonyl (C=O) groups is 2. The molecule has 1 saturated heterocycles. The van der Waals surface area contributed by atoms with Crippen LogP contribution in [-0.2, 0) is 11.8 Å². The molecule has 2 atom stereocenters. The number of aromatic nitrogens is 2. The van der Waals surface area contributed by atoms with Crippen molar-refractivity contribution in [3.05, 3.63) is 27.2 Å². The smallest absolute Gasteiger partial charge is 0.308 e. The summed E-state index contributed by atoms with van der Waals surface area (Å²) in [5.41, 5.74) is 0.878. The van der Waals surface area contributed by atoms with E-state index in [1.807, 2.05) is 0 Å². The molecule has 1 aromatic rings. The van der Waals surface area contributed by atoms with Crippen molar-refractivity contribution in [1.82, 2.24) is 14.7 Å². The molecule has 2 aliphatic rings. The van der Waals surface area contributed by atoms with Crippen LogP contribution < -0.4 is 5.56 Å². The Morgan fingerprint density at radius 3 is 2.43 bits per heavy atom. The van der Waals surface area contributed by atoms with Crippen LogP contribution in [0.3, 0.4) is 0 Å². The number of likely N-dealkylation sites (tertiary alicyclic amines) is 1. The second-order valence-electron chi connectivity index (χ2n) is 6.67. The maximum Gasteiger partial charge on any atom is 0.308 e. The SMILES string of the molecule is Cc1nn(C)c(=O)c(C(=O)N2C[C@H](C(=O)O)[C@@H](C3CC3)C2)c1C. The van der Waals surface area contributed by atoms with Gasteiger partial charge in [-0.1, -0.05) is 0 Å². The Morgan fingerprint density at radius 1 is 1.22 bits per heavy atom. The normalized spacial score (nSPS) is 24.0. The van der Waals surface area contributed by atoms with E-state index in [1.165, 1.54) is 16.6 Å². The molecule has 2 heterocycles. The Balaban J connectivity index is 1.93. The Bertz CT molecular complexity index is 736. The Kier molecular flexibility index (Phi) is 3.74. The van der Waals surface area contributed by atoms with E-state index in [-0.39, 0.29) is 23.9 Å². The lowest BCUT2D eigenvalue weighted by atomic mass is 9.92. The summed E-state index contributed by atoms with van der Waals surface area (Å²) in [5, 5.41) is 13.5. The average molecular weight is 319 g/mol. The molecule has 7 nitrogen and oxygen atoms in total. The lowest BCUT2D eigenvalue weighted by Crippen LogP contribution is -2.37. The number of aryl methyl sites for hydroxylation is 2. The molecule has 1 N–H and O–H groups in total. The zero-order valence-electron chi connectivity index (χ0n) is 13.6. The molecular formula is C16H21N3O4. The van der Waals surface area contributed by atoms with Gasteiger partial charge >= 0.3 is 5.97 Å². The minimum Gasteiger partial charge on any atom is -0.481 e. The summed E-state index contributed by atoms with van der Waals surface area (Å²) in [6.07, 6.45) is 2.07. The molecule has 1 aliphatic heterocycles. The van der Waals surface area contributed by atoms with Gasteiger partial charge in [-0.15, -0.1) is 0 Å². The first-order valence-electron chi connectivity index (χ1n) is 7.87. The van der Waals surface area contributed by atoms with Gasteiger partial charge in [0.2, 0.25) is 0 Å². The highest BCUT2D eigenvalue weighted by atomic mass is 16.4. The molecular weight excluding hydrogens is 298 g/mol. The topological polar surface area (TPSA) is 92.5 Å². The molecule has 1 aromatic heterocycles. The molecule has 1 saturated carbocycles. The molecule has 124 valence electrons. The number of carbonyl (C=O) groups excluding carboxylic acids is 1. The number of hydrogen-bond donors (Lipinski definition) is 1. The van der Waals surface area contributed by atoms with Crippen molar-refractivity contribution in [1.29, 1.82) is 0 Å². The predicted molar refractivity (Wildman–Crippen MR) is 82.2 cm³/mol. The van der Waals surface area contributed by atoms with Gasteiger partial charge in [0, 0.05) is 20.1 Å². The highest BCUT2D eigenvalue weighted by Crippen LogP contribution is 2.44. The van der Waals surface area contributed by atoms with Gasteiger partial charge in [0.1, 0.15) is 5.56 Å². The summed E-state index contributed by atoms with van der Waals surface area (Å²) in [5.74, 6) is -1.35. The van der Waals surface area contributed by atoms with E-state index in [0.29, 0.717) is 23.7 Å². The van der Waals surface area contributed by atoms with Crippen molar-refractivity contribution >= 4 is 11.9 Å². The van der Waals surface area contributed by atoms with Crippen molar-refractivity contribution in [2.24, 2.45) is 24.8 Å². The van der Waals surface area contributed by atoms with Crippen molar-refractivity contribution in [2.45, 2.75) is 26.7 Å². The van der Waals surface area contributed by atoms with Crippen LogP contribution in [0.1, 0.15) is 34.5 Å². The van der Waals surface area contributed by atoms with Crippen molar-refractivity contribution in [2.75, 3.05) is 13.1 Å². The number of amides is 1. The standard InChI is InChI=1S/C16H21N3O4/c1-8-9(2)17-18(3)14(20)13(8)15(21)19-6-11(10-4-5-10)12(7-19)16(22)23/h10-12H,4-7H2,1-3H3,(H,22,23)/t11-,12+/m1/s1. The van der Waals surface area contributed by atoms with Gasteiger partial charge in [0.25, 0.3) is 11.5 Å². The number of aliphatic carboxylic acids is 1.